The maximum Gasteiger partial charge on any atom is 0.216 e. The van der Waals surface area contributed by atoms with Crippen LogP contribution < -0.4 is 15.4 Å². The first-order valence-corrected chi connectivity index (χ1v) is 11.0. The van der Waals surface area contributed by atoms with E-state index in [0.717, 1.165) is 23.6 Å². The number of guanidine groups is 1. The lowest BCUT2D eigenvalue weighted by molar-refractivity contribution is 0.569. The first kappa shape index (κ1) is 20.4. The zero-order valence-corrected chi connectivity index (χ0v) is 17.0. The second kappa shape index (κ2) is 9.70. The van der Waals surface area contributed by atoms with Crippen LogP contribution in [-0.2, 0) is 28.9 Å². The standard InChI is InChI=1S/C18H26N4O2S2/c1-14(2)22-26(23,24)13-16-6-4-15(5-7-16)10-20-18(19-3)21-11-17-8-9-25-12-17/h4-9,12,14,22H,10-11,13H2,1-3H3,(H2,19,20,21). The molecule has 8 heteroatoms. The lowest BCUT2D eigenvalue weighted by atomic mass is 10.1. The van der Waals surface area contributed by atoms with Gasteiger partial charge in [-0.15, -0.1) is 0 Å². The van der Waals surface area contributed by atoms with Crippen LogP contribution in [0, 0.1) is 0 Å². The summed E-state index contributed by atoms with van der Waals surface area (Å²) in [6, 6.07) is 9.53. The van der Waals surface area contributed by atoms with Crippen LogP contribution in [0.4, 0.5) is 0 Å². The Hall–Kier alpha value is -1.90. The highest BCUT2D eigenvalue weighted by Gasteiger charge is 2.12. The maximum atomic E-state index is 12.0. The van der Waals surface area contributed by atoms with Crippen LogP contribution >= 0.6 is 11.3 Å². The lowest BCUT2D eigenvalue weighted by Crippen LogP contribution is -2.36. The van der Waals surface area contributed by atoms with E-state index in [1.165, 1.54) is 5.56 Å². The predicted octanol–water partition coefficient (Wildman–Crippen LogP) is 2.44. The Morgan fingerprint density at radius 3 is 2.19 bits per heavy atom. The molecule has 6 nitrogen and oxygen atoms in total. The second-order valence-electron chi connectivity index (χ2n) is 6.26. The van der Waals surface area contributed by atoms with E-state index in [0.29, 0.717) is 6.54 Å². The number of thiophene rings is 1. The molecular weight excluding hydrogens is 368 g/mol. The summed E-state index contributed by atoms with van der Waals surface area (Å²) in [6.07, 6.45) is 0. The molecule has 2 rings (SSSR count). The van der Waals surface area contributed by atoms with Gasteiger partial charge in [0.1, 0.15) is 0 Å². The number of sulfonamides is 1. The van der Waals surface area contributed by atoms with Crippen molar-refractivity contribution in [2.75, 3.05) is 7.05 Å². The molecule has 0 amide bonds. The molecule has 0 unspecified atom stereocenters. The fourth-order valence-electron chi connectivity index (χ4n) is 2.36. The minimum atomic E-state index is -3.30. The molecule has 0 spiro atoms. The third-order valence-electron chi connectivity index (χ3n) is 3.52. The van der Waals surface area contributed by atoms with E-state index in [1.54, 1.807) is 18.4 Å². The summed E-state index contributed by atoms with van der Waals surface area (Å²) in [4.78, 5) is 4.21. The Kier molecular flexibility index (Phi) is 7.62. The molecule has 0 fully saturated rings. The van der Waals surface area contributed by atoms with Crippen molar-refractivity contribution in [1.29, 1.82) is 0 Å². The lowest BCUT2D eigenvalue weighted by Gasteiger charge is -2.12. The Morgan fingerprint density at radius 1 is 1.04 bits per heavy atom. The van der Waals surface area contributed by atoms with Gasteiger partial charge < -0.3 is 10.6 Å². The molecule has 0 atom stereocenters. The van der Waals surface area contributed by atoms with Gasteiger partial charge in [-0.3, -0.25) is 4.99 Å². The van der Waals surface area contributed by atoms with Crippen molar-refractivity contribution in [2.45, 2.75) is 38.7 Å². The van der Waals surface area contributed by atoms with Crippen LogP contribution in [0.2, 0.25) is 0 Å². The Bertz CT molecular complexity index is 798. The fraction of sp³-hybridized carbons (Fsp3) is 0.389. The van der Waals surface area contributed by atoms with Crippen molar-refractivity contribution >= 4 is 27.3 Å². The average Bonchev–Trinajstić information content (AvgIpc) is 3.08. The third kappa shape index (κ3) is 7.15. The van der Waals surface area contributed by atoms with Gasteiger partial charge >= 0.3 is 0 Å². The Labute approximate surface area is 159 Å². The number of hydrogen-bond acceptors (Lipinski definition) is 4. The maximum absolute atomic E-state index is 12.0. The van der Waals surface area contributed by atoms with Crippen molar-refractivity contribution < 1.29 is 8.42 Å². The van der Waals surface area contributed by atoms with Gasteiger partial charge in [-0.25, -0.2) is 13.1 Å². The number of rotatable bonds is 8. The molecule has 0 radical (unpaired) electrons. The van der Waals surface area contributed by atoms with Gasteiger partial charge in [0.05, 0.1) is 5.75 Å². The summed E-state index contributed by atoms with van der Waals surface area (Å²) in [5.74, 6) is 0.715. The number of nitrogens with one attached hydrogen (secondary N) is 3. The fourth-order valence-corrected chi connectivity index (χ4v) is 4.46. The average molecular weight is 395 g/mol. The highest BCUT2D eigenvalue weighted by atomic mass is 32.2. The van der Waals surface area contributed by atoms with Crippen LogP contribution in [0.25, 0.3) is 0 Å². The van der Waals surface area contributed by atoms with Gasteiger partial charge in [0, 0.05) is 26.2 Å². The summed E-state index contributed by atoms with van der Waals surface area (Å²) in [7, 11) is -1.56. The SMILES string of the molecule is CN=C(NCc1ccc(CS(=O)(=O)NC(C)C)cc1)NCc1ccsc1. The molecule has 0 bridgehead atoms. The Balaban J connectivity index is 1.84. The van der Waals surface area contributed by atoms with Gasteiger partial charge in [-0.05, 0) is 47.4 Å². The zero-order valence-electron chi connectivity index (χ0n) is 15.3. The van der Waals surface area contributed by atoms with Crippen molar-refractivity contribution in [1.82, 2.24) is 15.4 Å². The molecule has 0 saturated heterocycles. The molecular formula is C18H26N4O2S2. The van der Waals surface area contributed by atoms with E-state index in [4.69, 9.17) is 0 Å². The summed E-state index contributed by atoms with van der Waals surface area (Å²) in [6.45, 7) is 4.96. The predicted molar refractivity (Wildman–Crippen MR) is 109 cm³/mol. The first-order valence-electron chi connectivity index (χ1n) is 8.41. The summed E-state index contributed by atoms with van der Waals surface area (Å²) in [5.41, 5.74) is 3.04. The molecule has 0 aliphatic carbocycles. The van der Waals surface area contributed by atoms with Crippen molar-refractivity contribution in [3.63, 3.8) is 0 Å². The molecule has 2 aromatic rings. The number of nitrogens with zero attached hydrogens (tertiary/aromatic N) is 1. The molecule has 0 aliphatic rings. The summed E-state index contributed by atoms with van der Waals surface area (Å²) >= 11 is 1.67. The minimum Gasteiger partial charge on any atom is -0.352 e. The number of benzene rings is 1. The van der Waals surface area contributed by atoms with Gasteiger partial charge in [0.25, 0.3) is 0 Å². The largest absolute Gasteiger partial charge is 0.352 e. The molecule has 0 saturated carbocycles. The highest BCUT2D eigenvalue weighted by Crippen LogP contribution is 2.09. The minimum absolute atomic E-state index is 0.0112. The van der Waals surface area contributed by atoms with Gasteiger partial charge in [-0.1, -0.05) is 24.3 Å². The summed E-state index contributed by atoms with van der Waals surface area (Å²) < 4.78 is 26.5. The number of aliphatic imine (C=N–C) groups is 1. The molecule has 1 aromatic carbocycles. The Morgan fingerprint density at radius 2 is 1.65 bits per heavy atom. The van der Waals surface area contributed by atoms with Gasteiger partial charge in [0.15, 0.2) is 5.96 Å². The second-order valence-corrected chi connectivity index (χ2v) is 8.79. The quantitative estimate of drug-likeness (QED) is 0.474. The van der Waals surface area contributed by atoms with E-state index < -0.39 is 10.0 Å². The van der Waals surface area contributed by atoms with Crippen LogP contribution in [0.5, 0.6) is 0 Å². The zero-order chi connectivity index (χ0) is 19.0. The van der Waals surface area contributed by atoms with Crippen LogP contribution in [0.1, 0.15) is 30.5 Å². The summed E-state index contributed by atoms with van der Waals surface area (Å²) in [5, 5.41) is 10.7. The molecule has 0 aliphatic heterocycles. The molecule has 142 valence electrons. The molecule has 1 heterocycles. The monoisotopic (exact) mass is 394 g/mol. The van der Waals surface area contributed by atoms with E-state index in [2.05, 4.69) is 31.8 Å². The van der Waals surface area contributed by atoms with E-state index in [1.807, 2.05) is 43.5 Å². The van der Waals surface area contributed by atoms with E-state index >= 15 is 0 Å². The van der Waals surface area contributed by atoms with Crippen LogP contribution in [-0.4, -0.2) is 27.5 Å². The van der Waals surface area contributed by atoms with Crippen LogP contribution in [0.3, 0.4) is 0 Å². The van der Waals surface area contributed by atoms with Gasteiger partial charge in [-0.2, -0.15) is 11.3 Å². The van der Waals surface area contributed by atoms with Gasteiger partial charge in [0.2, 0.25) is 10.0 Å². The van der Waals surface area contributed by atoms with Crippen molar-refractivity contribution in [3.05, 3.63) is 57.8 Å². The normalized spacial score (nSPS) is 12.4. The highest BCUT2D eigenvalue weighted by molar-refractivity contribution is 7.88. The van der Waals surface area contributed by atoms with Crippen molar-refractivity contribution in [2.24, 2.45) is 4.99 Å². The molecule has 3 N–H and O–H groups in total. The number of hydrogen-bond donors (Lipinski definition) is 3. The topological polar surface area (TPSA) is 82.6 Å². The molecule has 26 heavy (non-hydrogen) atoms. The smallest absolute Gasteiger partial charge is 0.216 e. The van der Waals surface area contributed by atoms with Crippen molar-refractivity contribution in [3.8, 4) is 0 Å². The molecule has 1 aromatic heterocycles. The van der Waals surface area contributed by atoms with E-state index in [9.17, 15) is 8.42 Å². The van der Waals surface area contributed by atoms with E-state index in [-0.39, 0.29) is 11.8 Å². The van der Waals surface area contributed by atoms with Crippen LogP contribution in [0.15, 0.2) is 46.1 Å². The third-order valence-corrected chi connectivity index (χ3v) is 5.79. The first-order chi connectivity index (χ1) is 12.4.